The third kappa shape index (κ3) is 14.0. The first-order valence-corrected chi connectivity index (χ1v) is 37.3. The molecule has 12 aliphatic carbocycles. The number of carbonyl (C=O) groups excluding carboxylic acids is 2. The average Bonchev–Trinajstić information content (AvgIpc) is 1.72. The molecular weight excluding hydrogens is 1150 g/mol. The van der Waals surface area contributed by atoms with Crippen LogP contribution in [-0.4, -0.2) is 137 Å². The molecule has 16 heteroatoms. The van der Waals surface area contributed by atoms with E-state index in [1.54, 1.807) is 5.48 Å². The van der Waals surface area contributed by atoms with Crippen molar-refractivity contribution < 1.29 is 65.8 Å². The van der Waals surface area contributed by atoms with Crippen LogP contribution in [0.5, 0.6) is 0 Å². The van der Waals surface area contributed by atoms with Crippen LogP contribution in [0.15, 0.2) is 0 Å². The molecule has 91 heavy (non-hydrogen) atoms. The van der Waals surface area contributed by atoms with Crippen LogP contribution in [0.25, 0.3) is 0 Å². The number of carboxylic acid groups (broad SMARTS) is 1. The van der Waals surface area contributed by atoms with Crippen LogP contribution in [0.1, 0.15) is 255 Å². The van der Waals surface area contributed by atoms with Crippen LogP contribution in [0.2, 0.25) is 0 Å². The molecular formula is C75H131N3O13. The molecule has 0 aromatic carbocycles. The van der Waals surface area contributed by atoms with Gasteiger partial charge in [-0.2, -0.15) is 0 Å². The lowest BCUT2D eigenvalue weighted by Crippen LogP contribution is -2.58. The summed E-state index contributed by atoms with van der Waals surface area (Å²) in [5.41, 5.74) is 3.30. The summed E-state index contributed by atoms with van der Waals surface area (Å²) in [4.78, 5) is 34.8. The maximum Gasteiger partial charge on any atom is 0.303 e. The third-order valence-electron chi connectivity index (χ3n) is 31.4. The molecule has 0 aromatic rings. The minimum atomic E-state index is -0.684. The van der Waals surface area contributed by atoms with Gasteiger partial charge >= 0.3 is 5.97 Å². The van der Waals surface area contributed by atoms with Crippen molar-refractivity contribution in [3.8, 4) is 0 Å². The SMILES string of the molecule is CNO.C[C@H](CCC(=O)N(C)O)[C@H]1CC[C@H]2[C@@H]3[C@H](O)C[C@@H]4C[C@H](O)CC[C@]4(C)[C@H]3CC[C@]12C.C[C@H](CCC(=O)N(C)O)[C@H]1CC[C@H]2[C@@H]3[C@H](O)C[C@@H]4C[C@H](O)CC[C@]4(C)[C@H]3CC[C@]12C.C[C@H](CCC(=O)O)[C@H]1CC[C@H]2[C@@H]3[C@H](O)C[C@@H]4C[C@H](O)CC[C@]4(C)[C@H]3CC[C@]12C. The minimum Gasteiger partial charge on any atom is -0.481 e. The molecule has 0 aliphatic heterocycles. The van der Waals surface area contributed by atoms with Crippen LogP contribution in [0.3, 0.4) is 0 Å². The second kappa shape index (κ2) is 28.8. The fourth-order valence-corrected chi connectivity index (χ4v) is 26.5. The molecule has 0 bridgehead atoms. The van der Waals surface area contributed by atoms with Crippen molar-refractivity contribution in [1.29, 1.82) is 0 Å². The normalized spacial score (nSPS) is 48.4. The van der Waals surface area contributed by atoms with Crippen molar-refractivity contribution in [3.05, 3.63) is 0 Å². The van der Waals surface area contributed by atoms with Gasteiger partial charge in [-0.15, -0.1) is 0 Å². The highest BCUT2D eigenvalue weighted by Gasteiger charge is 2.66. The van der Waals surface area contributed by atoms with Crippen LogP contribution in [-0.2, 0) is 14.4 Å². The Morgan fingerprint density at radius 3 is 0.901 bits per heavy atom. The van der Waals surface area contributed by atoms with Gasteiger partial charge in [0, 0.05) is 40.4 Å². The first-order valence-electron chi connectivity index (χ1n) is 37.3. The summed E-state index contributed by atoms with van der Waals surface area (Å²) in [5.74, 6) is 8.03. The van der Waals surface area contributed by atoms with Gasteiger partial charge in [-0.25, -0.2) is 15.6 Å². The molecule has 0 aromatic heterocycles. The minimum absolute atomic E-state index is 0.179. The Labute approximate surface area is 548 Å². The molecule has 12 saturated carbocycles. The molecule has 0 spiro atoms. The molecule has 16 nitrogen and oxygen atoms in total. The number of carbonyl (C=O) groups is 3. The van der Waals surface area contributed by atoms with Crippen LogP contribution >= 0.6 is 0 Å². The predicted octanol–water partition coefficient (Wildman–Crippen LogP) is 12.6. The second-order valence-electron chi connectivity index (χ2n) is 35.4. The summed E-state index contributed by atoms with van der Waals surface area (Å²) in [5, 5.41) is 101. The van der Waals surface area contributed by atoms with E-state index < -0.39 is 5.97 Å². The molecule has 12 aliphatic rings. The van der Waals surface area contributed by atoms with Crippen molar-refractivity contribution in [2.24, 2.45) is 139 Å². The van der Waals surface area contributed by atoms with Crippen LogP contribution < -0.4 is 5.48 Å². The molecule has 0 heterocycles. The molecule has 12 rings (SSSR count). The number of aliphatic hydroxyl groups is 6. The predicted molar refractivity (Wildman–Crippen MR) is 351 cm³/mol. The van der Waals surface area contributed by atoms with E-state index in [1.165, 1.54) is 98.2 Å². The topological polar surface area (TPSA) is 272 Å². The number of carboxylic acids is 1. The van der Waals surface area contributed by atoms with Crippen molar-refractivity contribution in [3.63, 3.8) is 0 Å². The van der Waals surface area contributed by atoms with E-state index in [9.17, 15) is 55.4 Å². The van der Waals surface area contributed by atoms with Gasteiger partial charge in [0.1, 0.15) is 0 Å². The summed E-state index contributed by atoms with van der Waals surface area (Å²) in [7, 11) is 4.24. The second-order valence-corrected chi connectivity index (χ2v) is 35.4. The quantitative estimate of drug-likeness (QED) is 0.0641. The first-order chi connectivity index (χ1) is 42.7. The van der Waals surface area contributed by atoms with Crippen molar-refractivity contribution in [1.82, 2.24) is 15.6 Å². The largest absolute Gasteiger partial charge is 0.481 e. The smallest absolute Gasteiger partial charge is 0.303 e. The Morgan fingerprint density at radius 1 is 0.407 bits per heavy atom. The number of amides is 2. The summed E-state index contributed by atoms with van der Waals surface area (Å²) in [6.07, 6.45) is 27.9. The van der Waals surface area contributed by atoms with E-state index in [2.05, 4.69) is 62.3 Å². The highest BCUT2D eigenvalue weighted by molar-refractivity contribution is 5.74. The molecule has 0 unspecified atom stereocenters. The number of nitrogens with one attached hydrogen (secondary N) is 1. The number of rotatable bonds is 12. The van der Waals surface area contributed by atoms with Crippen LogP contribution in [0, 0.1) is 139 Å². The molecule has 524 valence electrons. The Balaban J connectivity index is 0.000000158. The lowest BCUT2D eigenvalue weighted by Gasteiger charge is -2.62. The highest BCUT2D eigenvalue weighted by atomic mass is 16.5. The Hall–Kier alpha value is -1.99. The van der Waals surface area contributed by atoms with Crippen molar-refractivity contribution in [2.75, 3.05) is 21.1 Å². The number of aliphatic carboxylic acids is 1. The zero-order valence-corrected chi connectivity index (χ0v) is 58.7. The van der Waals surface area contributed by atoms with E-state index in [0.29, 0.717) is 129 Å². The Morgan fingerprint density at radius 2 is 0.648 bits per heavy atom. The molecule has 0 radical (unpaired) electrons. The van der Waals surface area contributed by atoms with E-state index >= 15 is 0 Å². The molecule has 30 atom stereocenters. The van der Waals surface area contributed by atoms with Crippen LogP contribution in [0.4, 0.5) is 0 Å². The number of fused-ring (bicyclic) bond motifs is 15. The maximum absolute atomic E-state index is 11.9. The maximum atomic E-state index is 11.9. The van der Waals surface area contributed by atoms with E-state index in [4.69, 9.17) is 10.3 Å². The number of aliphatic hydroxyl groups excluding tert-OH is 6. The summed E-state index contributed by atoms with van der Waals surface area (Å²) < 4.78 is 0. The zero-order valence-electron chi connectivity index (χ0n) is 58.7. The van der Waals surface area contributed by atoms with E-state index in [0.717, 1.165) is 96.3 Å². The lowest BCUT2D eigenvalue weighted by atomic mass is 9.43. The summed E-state index contributed by atoms with van der Waals surface area (Å²) >= 11 is 0. The number of hydroxylamine groups is 5. The van der Waals surface area contributed by atoms with Gasteiger partial charge in [-0.3, -0.25) is 24.8 Å². The molecule has 12 fully saturated rings. The first kappa shape index (κ1) is 73.3. The van der Waals surface area contributed by atoms with Gasteiger partial charge in [0.25, 0.3) is 0 Å². The Bertz CT molecular complexity index is 2340. The zero-order chi connectivity index (χ0) is 66.7. The third-order valence-corrected chi connectivity index (χ3v) is 31.4. The number of hydrogen-bond acceptors (Lipinski definition) is 13. The van der Waals surface area contributed by atoms with Crippen molar-refractivity contribution >= 4 is 17.8 Å². The van der Waals surface area contributed by atoms with Gasteiger partial charge in [0.2, 0.25) is 11.8 Å². The summed E-state index contributed by atoms with van der Waals surface area (Å²) in [6.45, 7) is 21.6. The fourth-order valence-electron chi connectivity index (χ4n) is 26.5. The van der Waals surface area contributed by atoms with Gasteiger partial charge in [0.15, 0.2) is 0 Å². The van der Waals surface area contributed by atoms with Gasteiger partial charge < -0.3 is 41.0 Å². The lowest BCUT2D eigenvalue weighted by molar-refractivity contribution is -0.174. The highest BCUT2D eigenvalue weighted by Crippen LogP contribution is 2.72. The van der Waals surface area contributed by atoms with E-state index in [1.807, 2.05) is 0 Å². The monoisotopic (exact) mass is 1280 g/mol. The van der Waals surface area contributed by atoms with Crippen molar-refractivity contribution in [2.45, 2.75) is 292 Å². The average molecular weight is 1280 g/mol. The van der Waals surface area contributed by atoms with E-state index in [-0.39, 0.29) is 87.3 Å². The Kier molecular flexibility index (Phi) is 23.2. The molecule has 11 N–H and O–H groups in total. The van der Waals surface area contributed by atoms with Gasteiger partial charge in [-0.05, 0) is 312 Å². The standard InChI is InChI=1S/2C25H43NO4.C24H40O4.CH5NO/c2*1-15(5-8-22(29)26(4)30)18-6-7-19-23-20(10-12-25(18,19)3)24(2)11-9-17(27)13-16(24)14-21(23)28;1-14(4-7-21(27)28)17-5-6-18-22-19(9-11-24(17,18)3)23(2)10-8-16(25)12-15(23)13-20(22)26;1-2-3/h2*15-21,23,27-28,30H,5-14H2,1-4H3;14-20,22,25-26H,4-13H2,1-3H3,(H,27,28);2-3H,1H3/t2*15-,16+,17-,18-,19+,20+,21-,23+,24+,25-;14-,15+,16-,17-,18+,19+,20-,22+,23+,24-;/m111./s1. The molecule has 2 amide bonds. The van der Waals surface area contributed by atoms with Gasteiger partial charge in [0.05, 0.1) is 36.6 Å². The molecule has 0 saturated heterocycles. The fraction of sp³-hybridized carbons (Fsp3) is 0.960. The summed E-state index contributed by atoms with van der Waals surface area (Å²) in [6, 6.07) is 0. The number of nitrogens with zero attached hydrogens (tertiary/aromatic N) is 2. The van der Waals surface area contributed by atoms with Gasteiger partial charge in [-0.1, -0.05) is 62.3 Å². The number of hydrogen-bond donors (Lipinski definition) is 11.